The molecule has 1 saturated carbocycles. The minimum Gasteiger partial charge on any atom is -0.358 e. The zero-order valence-electron chi connectivity index (χ0n) is 18.8. The Morgan fingerprint density at radius 1 is 1.09 bits per heavy atom. The highest BCUT2D eigenvalue weighted by molar-refractivity contribution is 7.93. The van der Waals surface area contributed by atoms with E-state index < -0.39 is 14.9 Å². The van der Waals surface area contributed by atoms with Gasteiger partial charge in [-0.05, 0) is 62.5 Å². The number of anilines is 2. The number of benzene rings is 2. The van der Waals surface area contributed by atoms with Gasteiger partial charge in [0.15, 0.2) is 5.11 Å². The zero-order chi connectivity index (χ0) is 24.2. The third-order valence-corrected chi connectivity index (χ3v) is 7.46. The van der Waals surface area contributed by atoms with Crippen LogP contribution >= 0.6 is 12.2 Å². The van der Waals surface area contributed by atoms with E-state index in [1.807, 2.05) is 13.0 Å². The first kappa shape index (κ1) is 24.7. The SMILES string of the molecule is Cc1ccc(NS(=O)(=O)c2cc([N+](=O)[O-])ccc2NNC(=S)NC2CCCCC2C)c(C)c1. The van der Waals surface area contributed by atoms with Crippen LogP contribution in [0.25, 0.3) is 0 Å². The summed E-state index contributed by atoms with van der Waals surface area (Å²) in [6, 6.07) is 9.14. The van der Waals surface area contributed by atoms with Crippen molar-refractivity contribution >= 4 is 44.4 Å². The van der Waals surface area contributed by atoms with Crippen molar-refractivity contribution in [2.24, 2.45) is 5.92 Å². The van der Waals surface area contributed by atoms with E-state index in [9.17, 15) is 18.5 Å². The molecule has 3 rings (SSSR count). The monoisotopic (exact) mass is 491 g/mol. The maximum absolute atomic E-state index is 13.2. The number of aryl methyl sites for hydroxylation is 2. The number of hydrazine groups is 1. The summed E-state index contributed by atoms with van der Waals surface area (Å²) in [6.45, 7) is 5.87. The van der Waals surface area contributed by atoms with Gasteiger partial charge >= 0.3 is 0 Å². The molecule has 0 saturated heterocycles. The lowest BCUT2D eigenvalue weighted by molar-refractivity contribution is -0.385. The third kappa shape index (κ3) is 6.32. The molecule has 33 heavy (non-hydrogen) atoms. The average molecular weight is 492 g/mol. The van der Waals surface area contributed by atoms with Crippen LogP contribution in [0.15, 0.2) is 41.3 Å². The van der Waals surface area contributed by atoms with Gasteiger partial charge in [0.2, 0.25) is 0 Å². The Hall–Kier alpha value is -2.92. The summed E-state index contributed by atoms with van der Waals surface area (Å²) in [7, 11) is -4.14. The number of hydrogen-bond donors (Lipinski definition) is 4. The molecular weight excluding hydrogens is 462 g/mol. The fourth-order valence-corrected chi connectivity index (χ4v) is 5.45. The van der Waals surface area contributed by atoms with Crippen molar-refractivity contribution in [1.82, 2.24) is 10.7 Å². The number of nitrogens with one attached hydrogen (secondary N) is 4. The van der Waals surface area contributed by atoms with Crippen molar-refractivity contribution in [2.75, 3.05) is 10.1 Å². The van der Waals surface area contributed by atoms with E-state index in [1.54, 1.807) is 19.1 Å². The van der Waals surface area contributed by atoms with Crippen LogP contribution in [0.1, 0.15) is 43.7 Å². The second kappa shape index (κ2) is 10.3. The van der Waals surface area contributed by atoms with Crippen LogP contribution in [0, 0.1) is 29.9 Å². The zero-order valence-corrected chi connectivity index (χ0v) is 20.5. The quantitative estimate of drug-likeness (QED) is 0.255. The van der Waals surface area contributed by atoms with Gasteiger partial charge < -0.3 is 5.32 Å². The Balaban J connectivity index is 1.82. The second-order valence-electron chi connectivity index (χ2n) is 8.45. The predicted molar refractivity (Wildman–Crippen MR) is 134 cm³/mol. The van der Waals surface area contributed by atoms with Crippen LogP contribution in [-0.2, 0) is 10.0 Å². The molecule has 1 aliphatic rings. The van der Waals surface area contributed by atoms with Crippen molar-refractivity contribution in [1.29, 1.82) is 0 Å². The van der Waals surface area contributed by atoms with Crippen molar-refractivity contribution < 1.29 is 13.3 Å². The Kier molecular flexibility index (Phi) is 7.75. The molecule has 0 spiro atoms. The highest BCUT2D eigenvalue weighted by atomic mass is 32.2. The molecular formula is C22H29N5O4S2. The molecule has 11 heteroatoms. The van der Waals surface area contributed by atoms with Crippen LogP contribution in [0.3, 0.4) is 0 Å². The van der Waals surface area contributed by atoms with Gasteiger partial charge in [-0.15, -0.1) is 0 Å². The van der Waals surface area contributed by atoms with Gasteiger partial charge in [-0.3, -0.25) is 25.7 Å². The first-order valence-corrected chi connectivity index (χ1v) is 12.7. The lowest BCUT2D eigenvalue weighted by Gasteiger charge is -2.30. The van der Waals surface area contributed by atoms with E-state index >= 15 is 0 Å². The summed E-state index contributed by atoms with van der Waals surface area (Å²) in [6.07, 6.45) is 4.48. The van der Waals surface area contributed by atoms with Gasteiger partial charge in [0, 0.05) is 18.2 Å². The summed E-state index contributed by atoms with van der Waals surface area (Å²) < 4.78 is 28.9. The smallest absolute Gasteiger partial charge is 0.270 e. The fourth-order valence-electron chi connectivity index (χ4n) is 3.94. The average Bonchev–Trinajstić information content (AvgIpc) is 2.75. The number of nitrogens with zero attached hydrogens (tertiary/aromatic N) is 1. The third-order valence-electron chi connectivity index (χ3n) is 5.83. The molecule has 2 unspecified atom stereocenters. The highest BCUT2D eigenvalue weighted by Crippen LogP contribution is 2.29. The number of hydrogen-bond acceptors (Lipinski definition) is 6. The maximum Gasteiger partial charge on any atom is 0.270 e. The molecule has 9 nitrogen and oxygen atoms in total. The topological polar surface area (TPSA) is 125 Å². The van der Waals surface area contributed by atoms with Gasteiger partial charge in [0.05, 0.1) is 16.3 Å². The molecule has 0 radical (unpaired) electrons. The van der Waals surface area contributed by atoms with Crippen molar-refractivity contribution in [3.8, 4) is 0 Å². The Labute approximate surface area is 199 Å². The van der Waals surface area contributed by atoms with Gasteiger partial charge in [-0.2, -0.15) is 0 Å². The summed E-state index contributed by atoms with van der Waals surface area (Å²) in [5.74, 6) is 0.482. The number of nitro groups is 1. The molecule has 178 valence electrons. The number of sulfonamides is 1. The molecule has 0 aliphatic heterocycles. The first-order chi connectivity index (χ1) is 15.6. The van der Waals surface area contributed by atoms with E-state index in [0.717, 1.165) is 36.5 Å². The lowest BCUT2D eigenvalue weighted by atomic mass is 9.86. The predicted octanol–water partition coefficient (Wildman–Crippen LogP) is 4.38. The van der Waals surface area contributed by atoms with Crippen molar-refractivity contribution in [2.45, 2.75) is 57.4 Å². The number of nitro benzene ring substituents is 1. The van der Waals surface area contributed by atoms with Gasteiger partial charge in [-0.1, -0.05) is 37.5 Å². The number of rotatable bonds is 7. The minimum atomic E-state index is -4.14. The second-order valence-corrected chi connectivity index (χ2v) is 10.5. The van der Waals surface area contributed by atoms with E-state index in [1.165, 1.54) is 18.6 Å². The van der Waals surface area contributed by atoms with E-state index in [-0.39, 0.29) is 22.3 Å². The van der Waals surface area contributed by atoms with Crippen LogP contribution < -0.4 is 20.9 Å². The normalized spacial score (nSPS) is 18.3. The summed E-state index contributed by atoms with van der Waals surface area (Å²) in [4.78, 5) is 10.4. The summed E-state index contributed by atoms with van der Waals surface area (Å²) in [5.41, 5.74) is 7.55. The van der Waals surface area contributed by atoms with E-state index in [0.29, 0.717) is 16.7 Å². The maximum atomic E-state index is 13.2. The molecule has 0 aromatic heterocycles. The van der Waals surface area contributed by atoms with Crippen molar-refractivity contribution in [3.63, 3.8) is 0 Å². The largest absolute Gasteiger partial charge is 0.358 e. The van der Waals surface area contributed by atoms with Gasteiger partial charge in [0.1, 0.15) is 4.90 Å². The van der Waals surface area contributed by atoms with E-state index in [4.69, 9.17) is 12.2 Å². The summed E-state index contributed by atoms with van der Waals surface area (Å²) in [5, 5.41) is 14.9. The minimum absolute atomic E-state index is 0.138. The van der Waals surface area contributed by atoms with Crippen LogP contribution in [-0.4, -0.2) is 24.5 Å². The van der Waals surface area contributed by atoms with Crippen LogP contribution in [0.4, 0.5) is 17.1 Å². The van der Waals surface area contributed by atoms with Crippen molar-refractivity contribution in [3.05, 3.63) is 57.6 Å². The Morgan fingerprint density at radius 2 is 1.79 bits per heavy atom. The molecule has 0 heterocycles. The molecule has 2 aromatic carbocycles. The van der Waals surface area contributed by atoms with Gasteiger partial charge in [0.25, 0.3) is 15.7 Å². The Bertz CT molecular complexity index is 1150. The first-order valence-electron chi connectivity index (χ1n) is 10.8. The molecule has 4 N–H and O–H groups in total. The molecule has 0 amide bonds. The molecule has 1 fully saturated rings. The fraction of sp³-hybridized carbons (Fsp3) is 0.409. The molecule has 2 atom stereocenters. The van der Waals surface area contributed by atoms with Gasteiger partial charge in [-0.25, -0.2) is 8.42 Å². The summed E-state index contributed by atoms with van der Waals surface area (Å²) >= 11 is 5.37. The molecule has 2 aromatic rings. The van der Waals surface area contributed by atoms with Crippen LogP contribution in [0.2, 0.25) is 0 Å². The molecule has 0 bridgehead atoms. The standard InChI is InChI=1S/C22H29N5O4S2/c1-14-8-10-19(16(3)12-14)26-33(30,31)21-13-17(27(28)29)9-11-20(21)24-25-22(32)23-18-7-5-4-6-15(18)2/h8-13,15,18,24,26H,4-7H2,1-3H3,(H2,23,25,32). The lowest BCUT2D eigenvalue weighted by Crippen LogP contribution is -2.47. The highest BCUT2D eigenvalue weighted by Gasteiger charge is 2.24. The molecule has 1 aliphatic carbocycles. The number of thiocarbonyl (C=S) groups is 1. The number of non-ortho nitro benzene ring substituents is 1. The van der Waals surface area contributed by atoms with Crippen LogP contribution in [0.5, 0.6) is 0 Å². The van der Waals surface area contributed by atoms with E-state index in [2.05, 4.69) is 27.8 Å². The Morgan fingerprint density at radius 3 is 2.45 bits per heavy atom.